The maximum absolute atomic E-state index is 12.1. The van der Waals surface area contributed by atoms with Crippen LogP contribution in [0.1, 0.15) is 15.9 Å². The van der Waals surface area contributed by atoms with E-state index < -0.39 is 0 Å². The molecule has 0 fully saturated rings. The highest BCUT2D eigenvalue weighted by molar-refractivity contribution is 5.94. The Kier molecular flexibility index (Phi) is 5.63. The minimum Gasteiger partial charge on any atom is -0.320 e. The Bertz CT molecular complexity index is 582. The van der Waals surface area contributed by atoms with Crippen LogP contribution in [0, 0.1) is 34.5 Å². The Balaban J connectivity index is 2.99. The molecule has 1 aromatic carbocycles. The highest BCUT2D eigenvalue weighted by Crippen LogP contribution is 2.07. The van der Waals surface area contributed by atoms with Crippen molar-refractivity contribution in [2.45, 2.75) is 0 Å². The molecule has 0 saturated carbocycles. The number of rotatable bonds is 3. The third-order valence-corrected chi connectivity index (χ3v) is 2.25. The summed E-state index contributed by atoms with van der Waals surface area (Å²) >= 11 is 0. The standard InChI is InChI=1S/C14H12N4O/c15-6-2-4-12-3-1-5-13(11-12)14(19)18(9-7-16)10-8-17/h1,3,5,11H,6,9-10,15H2. The number of nitriles is 2. The first kappa shape index (κ1) is 14.3. The van der Waals surface area contributed by atoms with Gasteiger partial charge in [-0.25, -0.2) is 0 Å². The lowest BCUT2D eigenvalue weighted by molar-refractivity contribution is 0.0794. The number of nitrogens with two attached hydrogens (primary N) is 1. The van der Waals surface area contributed by atoms with Crippen LogP contribution in [0.5, 0.6) is 0 Å². The fourth-order valence-electron chi connectivity index (χ4n) is 1.44. The SMILES string of the molecule is N#CCN(CC#N)C(=O)c1cccc(C#CCN)c1. The average Bonchev–Trinajstić information content (AvgIpc) is 2.44. The summed E-state index contributed by atoms with van der Waals surface area (Å²) in [6, 6.07) is 10.4. The third-order valence-electron chi connectivity index (χ3n) is 2.25. The van der Waals surface area contributed by atoms with Gasteiger partial charge in [-0.3, -0.25) is 4.79 Å². The van der Waals surface area contributed by atoms with E-state index >= 15 is 0 Å². The fraction of sp³-hybridized carbons (Fsp3) is 0.214. The Hall–Kier alpha value is -2.81. The van der Waals surface area contributed by atoms with Gasteiger partial charge in [-0.2, -0.15) is 10.5 Å². The normalized spacial score (nSPS) is 8.58. The molecule has 0 bridgehead atoms. The molecule has 19 heavy (non-hydrogen) atoms. The van der Waals surface area contributed by atoms with Crippen LogP contribution in [0.2, 0.25) is 0 Å². The van der Waals surface area contributed by atoms with Gasteiger partial charge in [0.1, 0.15) is 13.1 Å². The summed E-state index contributed by atoms with van der Waals surface area (Å²) in [6.45, 7) is 0.00334. The van der Waals surface area contributed by atoms with E-state index in [4.69, 9.17) is 16.3 Å². The number of hydrogen-bond acceptors (Lipinski definition) is 4. The zero-order chi connectivity index (χ0) is 14.1. The van der Waals surface area contributed by atoms with Gasteiger partial charge < -0.3 is 10.6 Å². The topological polar surface area (TPSA) is 93.9 Å². The maximum Gasteiger partial charge on any atom is 0.255 e. The van der Waals surface area contributed by atoms with Crippen LogP contribution in [0.4, 0.5) is 0 Å². The first-order chi connectivity index (χ1) is 9.22. The van der Waals surface area contributed by atoms with Gasteiger partial charge >= 0.3 is 0 Å². The summed E-state index contributed by atoms with van der Waals surface area (Å²) in [4.78, 5) is 13.3. The average molecular weight is 252 g/mol. The smallest absolute Gasteiger partial charge is 0.255 e. The van der Waals surface area contributed by atoms with E-state index in [0.29, 0.717) is 11.1 Å². The molecular formula is C14H12N4O. The molecule has 0 aliphatic rings. The van der Waals surface area contributed by atoms with Crippen molar-refractivity contribution in [2.75, 3.05) is 19.6 Å². The monoisotopic (exact) mass is 252 g/mol. The van der Waals surface area contributed by atoms with Gasteiger partial charge in [0, 0.05) is 11.1 Å². The second-order valence-electron chi connectivity index (χ2n) is 3.56. The molecule has 0 aliphatic heterocycles. The summed E-state index contributed by atoms with van der Waals surface area (Å²) in [5.41, 5.74) is 6.35. The van der Waals surface area contributed by atoms with Gasteiger partial charge in [0.25, 0.3) is 5.91 Å². The van der Waals surface area contributed by atoms with Crippen molar-refractivity contribution in [1.82, 2.24) is 4.90 Å². The van der Waals surface area contributed by atoms with Crippen molar-refractivity contribution in [3.63, 3.8) is 0 Å². The van der Waals surface area contributed by atoms with Gasteiger partial charge in [-0.1, -0.05) is 17.9 Å². The van der Waals surface area contributed by atoms with Crippen LogP contribution < -0.4 is 5.73 Å². The highest BCUT2D eigenvalue weighted by Gasteiger charge is 2.14. The van der Waals surface area contributed by atoms with Gasteiger partial charge in [0.05, 0.1) is 18.7 Å². The lowest BCUT2D eigenvalue weighted by Gasteiger charge is -2.15. The summed E-state index contributed by atoms with van der Waals surface area (Å²) < 4.78 is 0. The minimum atomic E-state index is -0.362. The molecule has 5 heteroatoms. The summed E-state index contributed by atoms with van der Waals surface area (Å²) in [5, 5.41) is 17.3. The Labute approximate surface area is 111 Å². The first-order valence-corrected chi connectivity index (χ1v) is 5.55. The van der Waals surface area contributed by atoms with Crippen molar-refractivity contribution >= 4 is 5.91 Å². The number of amides is 1. The molecule has 0 spiro atoms. The van der Waals surface area contributed by atoms with Crippen molar-refractivity contribution < 1.29 is 4.79 Å². The largest absolute Gasteiger partial charge is 0.320 e. The van der Waals surface area contributed by atoms with E-state index in [-0.39, 0.29) is 25.5 Å². The summed E-state index contributed by atoms with van der Waals surface area (Å²) in [6.07, 6.45) is 0. The van der Waals surface area contributed by atoms with Crippen molar-refractivity contribution in [3.8, 4) is 24.0 Å². The third kappa shape index (κ3) is 4.16. The van der Waals surface area contributed by atoms with Crippen molar-refractivity contribution in [1.29, 1.82) is 10.5 Å². The Morgan fingerprint density at radius 1 is 1.26 bits per heavy atom. The fourth-order valence-corrected chi connectivity index (χ4v) is 1.44. The van der Waals surface area contributed by atoms with E-state index in [1.165, 1.54) is 4.90 Å². The van der Waals surface area contributed by atoms with Gasteiger partial charge in [-0.15, -0.1) is 0 Å². The van der Waals surface area contributed by atoms with E-state index in [1.807, 2.05) is 12.1 Å². The molecule has 1 aromatic rings. The summed E-state index contributed by atoms with van der Waals surface area (Å²) in [5.74, 6) is 5.16. The minimum absolute atomic E-state index is 0.120. The molecule has 0 heterocycles. The van der Waals surface area contributed by atoms with Crippen LogP contribution in [0.15, 0.2) is 24.3 Å². The molecular weight excluding hydrogens is 240 g/mol. The summed E-state index contributed by atoms with van der Waals surface area (Å²) in [7, 11) is 0. The number of hydrogen-bond donors (Lipinski definition) is 1. The molecule has 94 valence electrons. The predicted molar refractivity (Wildman–Crippen MR) is 69.5 cm³/mol. The zero-order valence-corrected chi connectivity index (χ0v) is 10.3. The molecule has 0 unspecified atom stereocenters. The predicted octanol–water partition coefficient (Wildman–Crippen LogP) is 0.486. The molecule has 2 N–H and O–H groups in total. The van der Waals surface area contributed by atoms with Crippen molar-refractivity contribution in [2.24, 2.45) is 5.73 Å². The Morgan fingerprint density at radius 2 is 1.95 bits per heavy atom. The second-order valence-corrected chi connectivity index (χ2v) is 3.56. The van der Waals surface area contributed by atoms with E-state index in [2.05, 4.69) is 11.8 Å². The molecule has 0 aliphatic carbocycles. The van der Waals surface area contributed by atoms with Gasteiger partial charge in [0.2, 0.25) is 0 Å². The van der Waals surface area contributed by atoms with Gasteiger partial charge in [-0.05, 0) is 18.2 Å². The molecule has 0 saturated heterocycles. The number of nitrogens with zero attached hydrogens (tertiary/aromatic N) is 3. The van der Waals surface area contributed by atoms with Crippen LogP contribution >= 0.6 is 0 Å². The molecule has 0 radical (unpaired) electrons. The quantitative estimate of drug-likeness (QED) is 0.625. The van der Waals surface area contributed by atoms with E-state index in [0.717, 1.165) is 0 Å². The Morgan fingerprint density at radius 3 is 2.53 bits per heavy atom. The van der Waals surface area contributed by atoms with Crippen molar-refractivity contribution in [3.05, 3.63) is 35.4 Å². The van der Waals surface area contributed by atoms with Crippen LogP contribution in [0.25, 0.3) is 0 Å². The van der Waals surface area contributed by atoms with Gasteiger partial charge in [0.15, 0.2) is 0 Å². The first-order valence-electron chi connectivity index (χ1n) is 5.55. The van der Waals surface area contributed by atoms with E-state index in [9.17, 15) is 4.79 Å². The zero-order valence-electron chi connectivity index (χ0n) is 10.3. The highest BCUT2D eigenvalue weighted by atomic mass is 16.2. The van der Waals surface area contributed by atoms with E-state index in [1.54, 1.807) is 24.3 Å². The van der Waals surface area contributed by atoms with Crippen LogP contribution in [-0.4, -0.2) is 30.4 Å². The lowest BCUT2D eigenvalue weighted by atomic mass is 10.1. The van der Waals surface area contributed by atoms with Crippen LogP contribution in [0.3, 0.4) is 0 Å². The van der Waals surface area contributed by atoms with Crippen LogP contribution in [-0.2, 0) is 0 Å². The molecule has 0 aromatic heterocycles. The molecule has 1 rings (SSSR count). The number of carbonyl (C=O) groups excluding carboxylic acids is 1. The number of benzene rings is 1. The molecule has 0 atom stereocenters. The lowest BCUT2D eigenvalue weighted by Crippen LogP contribution is -2.31. The number of carbonyl (C=O) groups is 1. The molecule has 1 amide bonds. The molecule has 5 nitrogen and oxygen atoms in total. The maximum atomic E-state index is 12.1. The second kappa shape index (κ2) is 7.50.